The molecule has 0 amide bonds. The monoisotopic (exact) mass is 338 g/mol. The summed E-state index contributed by atoms with van der Waals surface area (Å²) in [4.78, 5) is 18.9. The highest BCUT2D eigenvalue weighted by Gasteiger charge is 2.26. The quantitative estimate of drug-likeness (QED) is 0.470. The van der Waals surface area contributed by atoms with Gasteiger partial charge in [-0.05, 0) is 18.9 Å². The second kappa shape index (κ2) is 9.19. The first kappa shape index (κ1) is 19.0. The van der Waals surface area contributed by atoms with Gasteiger partial charge in [-0.2, -0.15) is 0 Å². The van der Waals surface area contributed by atoms with E-state index >= 15 is 0 Å². The first-order valence-electron chi connectivity index (χ1n) is 8.60. The van der Waals surface area contributed by atoms with Crippen molar-refractivity contribution in [2.24, 2.45) is 10.9 Å². The Morgan fingerprint density at radius 3 is 2.68 bits per heavy atom. The molecular weight excluding hydrogens is 312 g/mol. The number of ether oxygens (including phenoxy) is 1. The van der Waals surface area contributed by atoms with E-state index in [0.717, 1.165) is 11.4 Å². The maximum atomic E-state index is 11.8. The van der Waals surface area contributed by atoms with E-state index in [1.165, 1.54) is 0 Å². The minimum atomic E-state index is -0.197. The zero-order chi connectivity index (χ0) is 18.2. The zero-order valence-electron chi connectivity index (χ0n) is 15.4. The van der Waals surface area contributed by atoms with Gasteiger partial charge in [0.1, 0.15) is 11.9 Å². The standard InChI is InChI=1S/C21H26N2O2/c1-5-9-18-14-19(24)12-13-23(18)21(17-10-7-6-8-11-17)22-20(15-25-4)16(2)3/h6-8,10-13,16,18,20H,14-15H2,1-4H3/t18-,20-/m1/s1. The second-order valence-electron chi connectivity index (χ2n) is 6.39. The molecule has 2 atom stereocenters. The van der Waals surface area contributed by atoms with Gasteiger partial charge >= 0.3 is 0 Å². The van der Waals surface area contributed by atoms with E-state index in [1.807, 2.05) is 35.2 Å². The van der Waals surface area contributed by atoms with Gasteiger partial charge in [-0.15, -0.1) is 5.92 Å². The fraction of sp³-hybridized carbons (Fsp3) is 0.429. The van der Waals surface area contributed by atoms with Crippen LogP contribution in [-0.2, 0) is 9.53 Å². The molecule has 0 aromatic heterocycles. The molecule has 0 fully saturated rings. The summed E-state index contributed by atoms with van der Waals surface area (Å²) in [5.41, 5.74) is 1.01. The van der Waals surface area contributed by atoms with E-state index in [-0.39, 0.29) is 17.9 Å². The Kier molecular flexibility index (Phi) is 6.97. The SMILES string of the molecule is CC#C[C@@H]1CC(=O)C=CN1C(=N[C@H](COC)C(C)C)c1ccccc1. The number of carbonyl (C=O) groups excluding carboxylic acids is 1. The third kappa shape index (κ3) is 5.04. The number of hydrogen-bond acceptors (Lipinski definition) is 3. The normalized spacial score (nSPS) is 18.9. The lowest BCUT2D eigenvalue weighted by atomic mass is 10.0. The van der Waals surface area contributed by atoms with Crippen molar-refractivity contribution in [2.45, 2.75) is 39.3 Å². The molecule has 0 spiro atoms. The van der Waals surface area contributed by atoms with Gasteiger partial charge in [0.2, 0.25) is 0 Å². The number of hydrogen-bond donors (Lipinski definition) is 0. The molecule has 0 aliphatic carbocycles. The summed E-state index contributed by atoms with van der Waals surface area (Å²) in [5.74, 6) is 7.34. The second-order valence-corrected chi connectivity index (χ2v) is 6.39. The topological polar surface area (TPSA) is 41.9 Å². The molecule has 4 heteroatoms. The molecule has 0 bridgehead atoms. The number of rotatable bonds is 5. The third-order valence-electron chi connectivity index (χ3n) is 4.13. The molecule has 25 heavy (non-hydrogen) atoms. The fourth-order valence-electron chi connectivity index (χ4n) is 2.71. The van der Waals surface area contributed by atoms with Crippen LogP contribution in [0.5, 0.6) is 0 Å². The minimum Gasteiger partial charge on any atom is -0.382 e. The van der Waals surface area contributed by atoms with Gasteiger partial charge < -0.3 is 9.64 Å². The van der Waals surface area contributed by atoms with Crippen LogP contribution in [0.1, 0.15) is 32.8 Å². The van der Waals surface area contributed by atoms with E-state index in [1.54, 1.807) is 26.3 Å². The van der Waals surface area contributed by atoms with Crippen LogP contribution in [0.4, 0.5) is 0 Å². The smallest absolute Gasteiger partial charge is 0.160 e. The summed E-state index contributed by atoms with van der Waals surface area (Å²) in [5, 5.41) is 0. The molecule has 2 rings (SSSR count). The molecule has 0 radical (unpaired) electrons. The maximum absolute atomic E-state index is 11.8. The number of amidine groups is 1. The fourth-order valence-corrected chi connectivity index (χ4v) is 2.71. The molecule has 0 unspecified atom stereocenters. The summed E-state index contributed by atoms with van der Waals surface area (Å²) in [7, 11) is 1.69. The van der Waals surface area contributed by atoms with Gasteiger partial charge in [0.15, 0.2) is 5.78 Å². The molecule has 0 N–H and O–H groups in total. The van der Waals surface area contributed by atoms with E-state index < -0.39 is 0 Å². The molecule has 1 aliphatic heterocycles. The Labute approximate surface area is 150 Å². The van der Waals surface area contributed by atoms with E-state index in [0.29, 0.717) is 18.9 Å². The number of methoxy groups -OCH3 is 1. The molecular formula is C21H26N2O2. The number of ketones is 1. The van der Waals surface area contributed by atoms with Crippen LogP contribution >= 0.6 is 0 Å². The zero-order valence-corrected chi connectivity index (χ0v) is 15.4. The van der Waals surface area contributed by atoms with Crippen LogP contribution in [0.15, 0.2) is 47.6 Å². The van der Waals surface area contributed by atoms with Crippen molar-refractivity contribution >= 4 is 11.6 Å². The lowest BCUT2D eigenvalue weighted by Gasteiger charge is -2.32. The number of carbonyl (C=O) groups is 1. The summed E-state index contributed by atoms with van der Waals surface area (Å²) >= 11 is 0. The highest BCUT2D eigenvalue weighted by Crippen LogP contribution is 2.19. The lowest BCUT2D eigenvalue weighted by Crippen LogP contribution is -2.41. The van der Waals surface area contributed by atoms with Gasteiger partial charge in [-0.3, -0.25) is 9.79 Å². The van der Waals surface area contributed by atoms with Crippen molar-refractivity contribution in [2.75, 3.05) is 13.7 Å². The molecule has 0 saturated heterocycles. The predicted molar refractivity (Wildman–Crippen MR) is 101 cm³/mol. The number of benzene rings is 1. The van der Waals surface area contributed by atoms with Gasteiger partial charge in [0, 0.05) is 25.3 Å². The summed E-state index contributed by atoms with van der Waals surface area (Å²) in [6.07, 6.45) is 3.78. The van der Waals surface area contributed by atoms with E-state index in [4.69, 9.17) is 9.73 Å². The van der Waals surface area contributed by atoms with Gasteiger partial charge in [-0.1, -0.05) is 50.1 Å². The summed E-state index contributed by atoms with van der Waals surface area (Å²) < 4.78 is 5.36. The van der Waals surface area contributed by atoms with E-state index in [2.05, 4.69) is 25.7 Å². The molecule has 1 heterocycles. The summed E-state index contributed by atoms with van der Waals surface area (Å²) in [6, 6.07) is 9.86. The minimum absolute atomic E-state index is 0.0291. The largest absolute Gasteiger partial charge is 0.382 e. The van der Waals surface area contributed by atoms with Crippen molar-refractivity contribution in [3.63, 3.8) is 0 Å². The van der Waals surface area contributed by atoms with Crippen molar-refractivity contribution in [3.05, 3.63) is 48.2 Å². The van der Waals surface area contributed by atoms with Crippen LogP contribution in [0.3, 0.4) is 0 Å². The van der Waals surface area contributed by atoms with Crippen LogP contribution in [-0.4, -0.2) is 42.3 Å². The molecule has 1 aliphatic rings. The Hall–Kier alpha value is -2.38. The summed E-state index contributed by atoms with van der Waals surface area (Å²) in [6.45, 7) is 6.61. The highest BCUT2D eigenvalue weighted by atomic mass is 16.5. The molecule has 1 aromatic carbocycles. The maximum Gasteiger partial charge on any atom is 0.160 e. The van der Waals surface area contributed by atoms with Crippen LogP contribution in [0.25, 0.3) is 0 Å². The highest BCUT2D eigenvalue weighted by molar-refractivity contribution is 6.02. The van der Waals surface area contributed by atoms with E-state index in [9.17, 15) is 4.79 Å². The molecule has 4 nitrogen and oxygen atoms in total. The Bertz CT molecular complexity index is 696. The van der Waals surface area contributed by atoms with Gasteiger partial charge in [-0.25, -0.2) is 0 Å². The molecule has 0 saturated carbocycles. The van der Waals surface area contributed by atoms with Crippen molar-refractivity contribution in [3.8, 4) is 11.8 Å². The third-order valence-corrected chi connectivity index (χ3v) is 4.13. The first-order chi connectivity index (χ1) is 12.1. The van der Waals surface area contributed by atoms with Crippen molar-refractivity contribution in [1.82, 2.24) is 4.90 Å². The average Bonchev–Trinajstić information content (AvgIpc) is 2.60. The number of aliphatic imine (C=N–C) groups is 1. The number of nitrogens with zero attached hydrogens (tertiary/aromatic N) is 2. The first-order valence-corrected chi connectivity index (χ1v) is 8.60. The molecule has 132 valence electrons. The molecule has 1 aromatic rings. The Morgan fingerprint density at radius 2 is 2.08 bits per heavy atom. The van der Waals surface area contributed by atoms with Gasteiger partial charge in [0.25, 0.3) is 0 Å². The van der Waals surface area contributed by atoms with Crippen molar-refractivity contribution < 1.29 is 9.53 Å². The number of allylic oxidation sites excluding steroid dienone is 1. The van der Waals surface area contributed by atoms with Gasteiger partial charge in [0.05, 0.1) is 12.6 Å². The predicted octanol–water partition coefficient (Wildman–Crippen LogP) is 3.28. The van der Waals surface area contributed by atoms with Crippen LogP contribution in [0.2, 0.25) is 0 Å². The lowest BCUT2D eigenvalue weighted by molar-refractivity contribution is -0.115. The Balaban J connectivity index is 2.51. The average molecular weight is 338 g/mol. The van der Waals surface area contributed by atoms with Crippen molar-refractivity contribution in [1.29, 1.82) is 0 Å². The van der Waals surface area contributed by atoms with Crippen LogP contribution in [0, 0.1) is 17.8 Å². The Morgan fingerprint density at radius 1 is 1.36 bits per heavy atom. The van der Waals surface area contributed by atoms with Crippen LogP contribution < -0.4 is 0 Å².